The lowest BCUT2D eigenvalue weighted by Gasteiger charge is -2.47. The lowest BCUT2D eigenvalue weighted by Crippen LogP contribution is -2.48. The van der Waals surface area contributed by atoms with E-state index in [0.29, 0.717) is 6.42 Å². The molecule has 0 aliphatic heterocycles. The van der Waals surface area contributed by atoms with Gasteiger partial charge in [0, 0.05) is 0 Å². The maximum Gasteiger partial charge on any atom is 0.176 e. The molecule has 90 valence electrons. The van der Waals surface area contributed by atoms with E-state index >= 15 is 0 Å². The maximum absolute atomic E-state index is 12.2. The van der Waals surface area contributed by atoms with Crippen LogP contribution in [0, 0.1) is 28.1 Å². The van der Waals surface area contributed by atoms with Gasteiger partial charge in [-0.25, -0.2) is 0 Å². The number of allylic oxidation sites excluding steroid dienone is 4. The van der Waals surface area contributed by atoms with Crippen molar-refractivity contribution in [2.45, 2.75) is 40.5 Å². The summed E-state index contributed by atoms with van der Waals surface area (Å²) in [4.78, 5) is 12.2. The second-order valence-electron chi connectivity index (χ2n) is 6.10. The minimum absolute atomic E-state index is 0.00354. The van der Waals surface area contributed by atoms with Crippen LogP contribution in [0.15, 0.2) is 23.3 Å². The summed E-state index contributed by atoms with van der Waals surface area (Å²) < 4.78 is 0. The summed E-state index contributed by atoms with van der Waals surface area (Å²) in [5, 5.41) is 9.56. The first-order valence-corrected chi connectivity index (χ1v) is 6.13. The molecule has 2 aliphatic carbocycles. The zero-order valence-electron chi connectivity index (χ0n) is 11.0. The SMILES string of the molecule is CC1=C(C)C[C@@]2(C#N)C(=O)C=CC(C)(C)[C@H]2C1. The van der Waals surface area contributed by atoms with Crippen molar-refractivity contribution in [1.29, 1.82) is 5.26 Å². The molecule has 0 unspecified atom stereocenters. The van der Waals surface area contributed by atoms with Crippen LogP contribution in [0.25, 0.3) is 0 Å². The van der Waals surface area contributed by atoms with Gasteiger partial charge in [0.1, 0.15) is 5.41 Å². The van der Waals surface area contributed by atoms with Crippen molar-refractivity contribution in [3.05, 3.63) is 23.3 Å². The van der Waals surface area contributed by atoms with Gasteiger partial charge in [-0.3, -0.25) is 4.79 Å². The van der Waals surface area contributed by atoms with E-state index in [2.05, 4.69) is 26.8 Å². The van der Waals surface area contributed by atoms with Crippen molar-refractivity contribution < 1.29 is 4.79 Å². The van der Waals surface area contributed by atoms with Gasteiger partial charge in [0.15, 0.2) is 5.78 Å². The Labute approximate surface area is 103 Å². The Balaban J connectivity index is 2.60. The number of rotatable bonds is 0. The Morgan fingerprint density at radius 2 is 2.00 bits per heavy atom. The van der Waals surface area contributed by atoms with Crippen LogP contribution in [0.2, 0.25) is 0 Å². The number of hydrogen-bond acceptors (Lipinski definition) is 2. The van der Waals surface area contributed by atoms with Gasteiger partial charge in [-0.2, -0.15) is 5.26 Å². The van der Waals surface area contributed by atoms with Crippen LogP contribution < -0.4 is 0 Å². The molecule has 0 aromatic heterocycles. The van der Waals surface area contributed by atoms with Crippen molar-refractivity contribution in [3.63, 3.8) is 0 Å². The Morgan fingerprint density at radius 1 is 1.35 bits per heavy atom. The van der Waals surface area contributed by atoms with Crippen molar-refractivity contribution in [2.24, 2.45) is 16.7 Å². The first-order valence-electron chi connectivity index (χ1n) is 6.13. The molecular formula is C15H19NO. The van der Waals surface area contributed by atoms with Gasteiger partial charge in [-0.15, -0.1) is 0 Å². The Morgan fingerprint density at radius 3 is 2.59 bits per heavy atom. The van der Waals surface area contributed by atoms with Crippen LogP contribution in [-0.4, -0.2) is 5.78 Å². The fourth-order valence-electron chi connectivity index (χ4n) is 3.23. The molecule has 17 heavy (non-hydrogen) atoms. The van der Waals surface area contributed by atoms with Crippen LogP contribution in [0.4, 0.5) is 0 Å². The normalized spacial score (nSPS) is 35.5. The summed E-state index contributed by atoms with van der Waals surface area (Å²) in [5.41, 5.74) is 1.66. The van der Waals surface area contributed by atoms with E-state index < -0.39 is 5.41 Å². The van der Waals surface area contributed by atoms with E-state index in [-0.39, 0.29) is 17.1 Å². The summed E-state index contributed by atoms with van der Waals surface area (Å²) in [6.45, 7) is 8.42. The molecule has 0 spiro atoms. The lowest BCUT2D eigenvalue weighted by atomic mass is 9.53. The first kappa shape index (κ1) is 12.1. The quantitative estimate of drug-likeness (QED) is 0.597. The Kier molecular flexibility index (Phi) is 2.54. The highest BCUT2D eigenvalue weighted by Crippen LogP contribution is 2.54. The molecule has 0 bridgehead atoms. The highest BCUT2D eigenvalue weighted by molar-refractivity contribution is 5.98. The zero-order chi connectivity index (χ0) is 12.8. The van der Waals surface area contributed by atoms with E-state index in [9.17, 15) is 10.1 Å². The van der Waals surface area contributed by atoms with Gasteiger partial charge in [-0.05, 0) is 44.1 Å². The number of carbonyl (C=O) groups is 1. The second-order valence-corrected chi connectivity index (χ2v) is 6.10. The molecule has 2 nitrogen and oxygen atoms in total. The van der Waals surface area contributed by atoms with E-state index in [1.807, 2.05) is 13.0 Å². The summed E-state index contributed by atoms with van der Waals surface area (Å²) in [5.74, 6) is 0.109. The van der Waals surface area contributed by atoms with Crippen LogP contribution in [0.5, 0.6) is 0 Å². The standard InChI is InChI=1S/C15H19NO/c1-10-7-12-14(3,4)6-5-13(17)15(12,9-16)8-11(10)2/h5-6,12H,7-8H2,1-4H3/t12-,15+/m1/s1. The van der Waals surface area contributed by atoms with E-state index in [1.165, 1.54) is 11.1 Å². The molecule has 0 heterocycles. The summed E-state index contributed by atoms with van der Waals surface area (Å²) >= 11 is 0. The fraction of sp³-hybridized carbons (Fsp3) is 0.600. The summed E-state index contributed by atoms with van der Waals surface area (Å²) in [7, 11) is 0. The third-order valence-electron chi connectivity index (χ3n) is 4.58. The molecule has 2 aliphatic rings. The number of nitriles is 1. The molecule has 0 fully saturated rings. The highest BCUT2D eigenvalue weighted by Gasteiger charge is 2.54. The van der Waals surface area contributed by atoms with E-state index in [4.69, 9.17) is 0 Å². The van der Waals surface area contributed by atoms with Crippen LogP contribution in [0.1, 0.15) is 40.5 Å². The highest BCUT2D eigenvalue weighted by atomic mass is 16.1. The van der Waals surface area contributed by atoms with Gasteiger partial charge in [0.25, 0.3) is 0 Å². The minimum atomic E-state index is -0.818. The molecule has 0 saturated heterocycles. The molecule has 2 rings (SSSR count). The molecular weight excluding hydrogens is 210 g/mol. The van der Waals surface area contributed by atoms with Crippen molar-refractivity contribution >= 4 is 5.78 Å². The van der Waals surface area contributed by atoms with Crippen LogP contribution in [-0.2, 0) is 4.79 Å². The van der Waals surface area contributed by atoms with Gasteiger partial charge in [0.05, 0.1) is 6.07 Å². The number of carbonyl (C=O) groups excluding carboxylic acids is 1. The molecule has 0 N–H and O–H groups in total. The molecule has 2 atom stereocenters. The van der Waals surface area contributed by atoms with Gasteiger partial charge >= 0.3 is 0 Å². The molecule has 0 aromatic carbocycles. The van der Waals surface area contributed by atoms with Crippen molar-refractivity contribution in [3.8, 4) is 6.07 Å². The summed E-state index contributed by atoms with van der Waals surface area (Å²) in [6.07, 6.45) is 5.06. The number of ketones is 1. The van der Waals surface area contributed by atoms with Crippen LogP contribution in [0.3, 0.4) is 0 Å². The first-order chi connectivity index (χ1) is 7.83. The van der Waals surface area contributed by atoms with Crippen LogP contribution >= 0.6 is 0 Å². The molecule has 2 heteroatoms. The fourth-order valence-corrected chi connectivity index (χ4v) is 3.23. The van der Waals surface area contributed by atoms with Gasteiger partial charge in [-0.1, -0.05) is 31.1 Å². The average Bonchev–Trinajstić information content (AvgIpc) is 2.27. The predicted octanol–water partition coefficient (Wildman–Crippen LogP) is 3.41. The van der Waals surface area contributed by atoms with E-state index in [1.54, 1.807) is 6.08 Å². The monoisotopic (exact) mass is 229 g/mol. The largest absolute Gasteiger partial charge is 0.293 e. The van der Waals surface area contributed by atoms with Crippen molar-refractivity contribution in [2.75, 3.05) is 0 Å². The van der Waals surface area contributed by atoms with Crippen molar-refractivity contribution in [1.82, 2.24) is 0 Å². The Bertz CT molecular complexity index is 476. The van der Waals surface area contributed by atoms with Gasteiger partial charge < -0.3 is 0 Å². The van der Waals surface area contributed by atoms with Gasteiger partial charge in [0.2, 0.25) is 0 Å². The minimum Gasteiger partial charge on any atom is -0.293 e. The number of fused-ring (bicyclic) bond motifs is 1. The second kappa shape index (κ2) is 3.57. The maximum atomic E-state index is 12.2. The third-order valence-corrected chi connectivity index (χ3v) is 4.58. The molecule has 0 saturated carbocycles. The molecule has 0 radical (unpaired) electrons. The summed E-state index contributed by atoms with van der Waals surface area (Å²) in [6, 6.07) is 2.34. The third kappa shape index (κ3) is 1.57. The molecule has 0 aromatic rings. The predicted molar refractivity (Wildman–Crippen MR) is 67.1 cm³/mol. The smallest absolute Gasteiger partial charge is 0.176 e. The van der Waals surface area contributed by atoms with E-state index in [0.717, 1.165) is 6.42 Å². The zero-order valence-corrected chi connectivity index (χ0v) is 11.0. The topological polar surface area (TPSA) is 40.9 Å². The average molecular weight is 229 g/mol. The molecule has 0 amide bonds. The number of nitrogens with zero attached hydrogens (tertiary/aromatic N) is 1. The number of hydrogen-bond donors (Lipinski definition) is 0. The Hall–Kier alpha value is -1.36. The lowest BCUT2D eigenvalue weighted by molar-refractivity contribution is -0.127.